The predicted molar refractivity (Wildman–Crippen MR) is 107 cm³/mol. The lowest BCUT2D eigenvalue weighted by Gasteiger charge is -2.31. The second kappa shape index (κ2) is 8.81. The average Bonchev–Trinajstić information content (AvgIpc) is 3.28. The molecule has 0 radical (unpaired) electrons. The van der Waals surface area contributed by atoms with Crippen molar-refractivity contribution in [3.05, 3.63) is 72.3 Å². The van der Waals surface area contributed by atoms with Crippen molar-refractivity contribution in [2.45, 2.75) is 25.3 Å². The summed E-state index contributed by atoms with van der Waals surface area (Å²) in [6.45, 7) is 1.51. The van der Waals surface area contributed by atoms with Gasteiger partial charge in [-0.2, -0.15) is 5.10 Å². The van der Waals surface area contributed by atoms with Crippen molar-refractivity contribution in [3.63, 3.8) is 0 Å². The molecule has 0 bridgehead atoms. The number of nitrogens with zero attached hydrogens (tertiary/aromatic N) is 5. The SMILES string of the molecule is O=C(Nc1ccc(F)cc1)c1ccc(C2CCN(C(=O)Cn3cncn3)CC2)nc1. The fourth-order valence-corrected chi connectivity index (χ4v) is 3.50. The summed E-state index contributed by atoms with van der Waals surface area (Å²) in [6.07, 6.45) is 6.13. The van der Waals surface area contributed by atoms with Gasteiger partial charge in [0, 0.05) is 36.6 Å². The number of nitrogens with one attached hydrogen (secondary N) is 1. The first-order chi connectivity index (χ1) is 14.6. The van der Waals surface area contributed by atoms with Gasteiger partial charge in [0.1, 0.15) is 25.0 Å². The average molecular weight is 408 g/mol. The van der Waals surface area contributed by atoms with Crippen LogP contribution >= 0.6 is 0 Å². The van der Waals surface area contributed by atoms with E-state index in [-0.39, 0.29) is 30.1 Å². The zero-order chi connectivity index (χ0) is 20.9. The van der Waals surface area contributed by atoms with E-state index in [1.165, 1.54) is 41.6 Å². The number of amides is 2. The van der Waals surface area contributed by atoms with Gasteiger partial charge in [0.25, 0.3) is 5.91 Å². The molecule has 1 saturated heterocycles. The molecule has 1 aliphatic rings. The third kappa shape index (κ3) is 4.68. The number of carbonyl (C=O) groups is 2. The van der Waals surface area contributed by atoms with Crippen molar-refractivity contribution >= 4 is 17.5 Å². The maximum Gasteiger partial charge on any atom is 0.257 e. The van der Waals surface area contributed by atoms with Crippen molar-refractivity contribution in [1.82, 2.24) is 24.6 Å². The Bertz CT molecular complexity index is 997. The molecule has 1 N–H and O–H groups in total. The fourth-order valence-electron chi connectivity index (χ4n) is 3.50. The minimum atomic E-state index is -0.356. The number of benzene rings is 1. The molecule has 30 heavy (non-hydrogen) atoms. The van der Waals surface area contributed by atoms with Crippen LogP contribution in [0.4, 0.5) is 10.1 Å². The Labute approximate surface area is 172 Å². The van der Waals surface area contributed by atoms with Crippen LogP contribution in [0.5, 0.6) is 0 Å². The minimum absolute atomic E-state index is 0.0275. The van der Waals surface area contributed by atoms with E-state index >= 15 is 0 Å². The topological polar surface area (TPSA) is 93.0 Å². The molecule has 1 fully saturated rings. The van der Waals surface area contributed by atoms with Crippen LogP contribution in [0.3, 0.4) is 0 Å². The number of likely N-dealkylation sites (tertiary alicyclic amines) is 1. The third-order valence-electron chi connectivity index (χ3n) is 5.18. The Morgan fingerprint density at radius 1 is 1.10 bits per heavy atom. The molecule has 3 aromatic rings. The van der Waals surface area contributed by atoms with Crippen LogP contribution in [0.15, 0.2) is 55.2 Å². The standard InChI is InChI=1S/C21H21FN6O2/c22-17-2-4-18(5-3-17)26-21(30)16-1-6-19(24-11-16)15-7-9-27(10-8-15)20(29)12-28-14-23-13-25-28/h1-6,11,13-15H,7-10,12H2,(H,26,30). The van der Waals surface area contributed by atoms with Gasteiger partial charge >= 0.3 is 0 Å². The monoisotopic (exact) mass is 408 g/mol. The summed E-state index contributed by atoms with van der Waals surface area (Å²) in [7, 11) is 0. The van der Waals surface area contributed by atoms with Gasteiger partial charge in [-0.1, -0.05) is 0 Å². The summed E-state index contributed by atoms with van der Waals surface area (Å²) in [5.74, 6) is -0.381. The van der Waals surface area contributed by atoms with E-state index < -0.39 is 0 Å². The van der Waals surface area contributed by atoms with Gasteiger partial charge in [-0.25, -0.2) is 14.1 Å². The Balaban J connectivity index is 1.30. The minimum Gasteiger partial charge on any atom is -0.341 e. The molecule has 2 amide bonds. The summed E-state index contributed by atoms with van der Waals surface area (Å²) in [6, 6.07) is 9.19. The molecule has 8 nitrogen and oxygen atoms in total. The Kier molecular flexibility index (Phi) is 5.78. The van der Waals surface area contributed by atoms with Crippen molar-refractivity contribution in [2.24, 2.45) is 0 Å². The fraction of sp³-hybridized carbons (Fsp3) is 0.286. The van der Waals surface area contributed by atoms with E-state index in [9.17, 15) is 14.0 Å². The lowest BCUT2D eigenvalue weighted by atomic mass is 9.92. The molecule has 9 heteroatoms. The number of anilines is 1. The smallest absolute Gasteiger partial charge is 0.257 e. The summed E-state index contributed by atoms with van der Waals surface area (Å²) < 4.78 is 14.5. The summed E-state index contributed by atoms with van der Waals surface area (Å²) in [4.78, 5) is 34.8. The molecule has 1 aliphatic heterocycles. The molecular weight excluding hydrogens is 387 g/mol. The number of halogens is 1. The van der Waals surface area contributed by atoms with Gasteiger partial charge in [0.2, 0.25) is 5.91 Å². The molecule has 0 unspecified atom stereocenters. The molecule has 2 aromatic heterocycles. The molecule has 0 spiro atoms. The molecule has 0 atom stereocenters. The molecule has 1 aromatic carbocycles. The first-order valence-corrected chi connectivity index (χ1v) is 9.71. The first kappa shape index (κ1) is 19.7. The number of piperidine rings is 1. The van der Waals surface area contributed by atoms with Gasteiger partial charge in [-0.15, -0.1) is 0 Å². The summed E-state index contributed by atoms with van der Waals surface area (Å²) >= 11 is 0. The Hall–Kier alpha value is -3.62. The number of hydrogen-bond acceptors (Lipinski definition) is 5. The van der Waals surface area contributed by atoms with Crippen molar-refractivity contribution in [3.8, 4) is 0 Å². The quantitative estimate of drug-likeness (QED) is 0.700. The lowest BCUT2D eigenvalue weighted by Crippen LogP contribution is -2.40. The highest BCUT2D eigenvalue weighted by Gasteiger charge is 2.25. The van der Waals surface area contributed by atoms with Crippen LogP contribution in [-0.4, -0.2) is 49.6 Å². The highest BCUT2D eigenvalue weighted by molar-refractivity contribution is 6.04. The molecule has 0 saturated carbocycles. The summed E-state index contributed by atoms with van der Waals surface area (Å²) in [5.41, 5.74) is 1.87. The van der Waals surface area contributed by atoms with Crippen molar-refractivity contribution < 1.29 is 14.0 Å². The lowest BCUT2D eigenvalue weighted by molar-refractivity contribution is -0.133. The van der Waals surface area contributed by atoms with Crippen LogP contribution in [0.1, 0.15) is 34.8 Å². The van der Waals surface area contributed by atoms with Crippen LogP contribution in [-0.2, 0) is 11.3 Å². The number of carbonyl (C=O) groups excluding carboxylic acids is 2. The highest BCUT2D eigenvalue weighted by atomic mass is 19.1. The zero-order valence-electron chi connectivity index (χ0n) is 16.2. The molecule has 0 aliphatic carbocycles. The number of hydrogen-bond donors (Lipinski definition) is 1. The first-order valence-electron chi connectivity index (χ1n) is 9.71. The Morgan fingerprint density at radius 2 is 1.87 bits per heavy atom. The van der Waals surface area contributed by atoms with Gasteiger partial charge < -0.3 is 10.2 Å². The second-order valence-electron chi connectivity index (χ2n) is 7.18. The van der Waals surface area contributed by atoms with Crippen LogP contribution in [0.2, 0.25) is 0 Å². The van der Waals surface area contributed by atoms with Crippen LogP contribution in [0.25, 0.3) is 0 Å². The van der Waals surface area contributed by atoms with Crippen LogP contribution < -0.4 is 5.32 Å². The van der Waals surface area contributed by atoms with E-state index in [0.717, 1.165) is 18.5 Å². The van der Waals surface area contributed by atoms with E-state index in [0.29, 0.717) is 24.3 Å². The predicted octanol–water partition coefficient (Wildman–Crippen LogP) is 2.47. The van der Waals surface area contributed by atoms with Crippen LogP contribution in [0, 0.1) is 5.82 Å². The number of rotatable bonds is 5. The molecule has 3 heterocycles. The van der Waals surface area contributed by atoms with E-state index in [1.807, 2.05) is 11.0 Å². The summed E-state index contributed by atoms with van der Waals surface area (Å²) in [5, 5.41) is 6.68. The van der Waals surface area contributed by atoms with Gasteiger partial charge in [0.05, 0.1) is 5.56 Å². The Morgan fingerprint density at radius 3 is 2.50 bits per heavy atom. The van der Waals surface area contributed by atoms with Gasteiger partial charge in [-0.3, -0.25) is 14.6 Å². The van der Waals surface area contributed by atoms with E-state index in [1.54, 1.807) is 12.3 Å². The molecular formula is C21H21FN6O2. The normalized spacial score (nSPS) is 14.5. The van der Waals surface area contributed by atoms with Crippen molar-refractivity contribution in [2.75, 3.05) is 18.4 Å². The maximum absolute atomic E-state index is 13.0. The highest BCUT2D eigenvalue weighted by Crippen LogP contribution is 2.27. The van der Waals surface area contributed by atoms with E-state index in [2.05, 4.69) is 20.4 Å². The van der Waals surface area contributed by atoms with Crippen molar-refractivity contribution in [1.29, 1.82) is 0 Å². The second-order valence-corrected chi connectivity index (χ2v) is 7.18. The molecule has 154 valence electrons. The third-order valence-corrected chi connectivity index (χ3v) is 5.18. The maximum atomic E-state index is 13.0. The van der Waals surface area contributed by atoms with Gasteiger partial charge in [0.15, 0.2) is 0 Å². The van der Waals surface area contributed by atoms with Gasteiger partial charge in [-0.05, 0) is 49.2 Å². The zero-order valence-corrected chi connectivity index (χ0v) is 16.2. The number of pyridine rings is 1. The molecule has 4 rings (SSSR count). The van der Waals surface area contributed by atoms with E-state index in [4.69, 9.17) is 0 Å². The number of aromatic nitrogens is 4. The largest absolute Gasteiger partial charge is 0.341 e.